The summed E-state index contributed by atoms with van der Waals surface area (Å²) in [6.07, 6.45) is -3.13. The highest BCUT2D eigenvalue weighted by atomic mass is 19.4. The molecule has 26 heavy (non-hydrogen) atoms. The number of nitrogens with zero attached hydrogens (tertiary/aromatic N) is 2. The van der Waals surface area contributed by atoms with Gasteiger partial charge in [0.05, 0.1) is 17.3 Å². The van der Waals surface area contributed by atoms with Crippen LogP contribution in [0.3, 0.4) is 0 Å². The Morgan fingerprint density at radius 1 is 1.15 bits per heavy atom. The third-order valence-corrected chi connectivity index (χ3v) is 5.36. The van der Waals surface area contributed by atoms with E-state index in [-0.39, 0.29) is 35.3 Å². The molecule has 2 atom stereocenters. The minimum atomic E-state index is -4.53. The molecule has 0 radical (unpaired) electrons. The summed E-state index contributed by atoms with van der Waals surface area (Å²) >= 11 is 0. The topological polar surface area (TPSA) is 65.7 Å². The molecule has 2 aromatic rings. The first-order valence-corrected chi connectivity index (χ1v) is 8.31. The highest BCUT2D eigenvalue weighted by molar-refractivity contribution is 5.75. The van der Waals surface area contributed by atoms with Crippen molar-refractivity contribution in [3.8, 4) is 17.4 Å². The van der Waals surface area contributed by atoms with Crippen LogP contribution in [-0.4, -0.2) is 32.1 Å². The van der Waals surface area contributed by atoms with Gasteiger partial charge < -0.3 is 15.1 Å². The van der Waals surface area contributed by atoms with Gasteiger partial charge in [-0.3, -0.25) is 9.36 Å². The number of halogens is 3. The Hall–Kier alpha value is -2.64. The van der Waals surface area contributed by atoms with Crippen LogP contribution in [0.4, 0.5) is 13.2 Å². The van der Waals surface area contributed by atoms with E-state index in [9.17, 15) is 28.2 Å². The average Bonchev–Trinajstić information content (AvgIpc) is 2.87. The van der Waals surface area contributed by atoms with Crippen LogP contribution in [0.25, 0.3) is 5.69 Å². The molecule has 2 N–H and O–H groups in total. The maximum absolute atomic E-state index is 13.0. The van der Waals surface area contributed by atoms with Crippen molar-refractivity contribution >= 4 is 5.91 Å². The van der Waals surface area contributed by atoms with Gasteiger partial charge in [0.15, 0.2) is 0 Å². The highest BCUT2D eigenvalue weighted by Gasteiger charge is 2.45. The summed E-state index contributed by atoms with van der Waals surface area (Å²) in [5.41, 5.74) is 0.137. The van der Waals surface area contributed by atoms with Crippen LogP contribution < -0.4 is 0 Å². The second-order valence-corrected chi connectivity index (χ2v) is 6.82. The number of hydrogen-bond acceptors (Lipinski definition) is 3. The van der Waals surface area contributed by atoms with E-state index >= 15 is 0 Å². The normalized spacial score (nSPS) is 21.8. The van der Waals surface area contributed by atoms with E-state index in [1.54, 1.807) is 4.90 Å². The fourth-order valence-corrected chi connectivity index (χ4v) is 4.23. The van der Waals surface area contributed by atoms with Crippen LogP contribution in [0.2, 0.25) is 0 Å². The first-order chi connectivity index (χ1) is 12.2. The summed E-state index contributed by atoms with van der Waals surface area (Å²) < 4.78 is 40.1. The van der Waals surface area contributed by atoms with Crippen molar-refractivity contribution in [3.05, 3.63) is 41.0 Å². The lowest BCUT2D eigenvalue weighted by Crippen LogP contribution is -2.44. The number of carbonyl (C=O) groups excluding carboxylic acids is 1. The van der Waals surface area contributed by atoms with Crippen LogP contribution >= 0.6 is 0 Å². The molecule has 5 rings (SSSR count). The summed E-state index contributed by atoms with van der Waals surface area (Å²) in [5, 5.41) is 21.4. The molecular formula is C18H17F3N2O3. The lowest BCUT2D eigenvalue weighted by Gasteiger charge is -2.44. The van der Waals surface area contributed by atoms with Gasteiger partial charge in [0, 0.05) is 30.5 Å². The van der Waals surface area contributed by atoms with Gasteiger partial charge in [0.1, 0.15) is 0 Å². The molecule has 1 unspecified atom stereocenters. The van der Waals surface area contributed by atoms with Crippen molar-refractivity contribution < 1.29 is 28.2 Å². The van der Waals surface area contributed by atoms with Crippen LogP contribution in [0.1, 0.15) is 48.4 Å². The highest BCUT2D eigenvalue weighted by Crippen LogP contribution is 2.55. The van der Waals surface area contributed by atoms with Gasteiger partial charge in [-0.05, 0) is 31.0 Å². The van der Waals surface area contributed by atoms with E-state index in [1.165, 1.54) is 19.1 Å². The Morgan fingerprint density at radius 3 is 2.50 bits per heavy atom. The van der Waals surface area contributed by atoms with Crippen LogP contribution in [0.15, 0.2) is 24.3 Å². The first kappa shape index (κ1) is 16.8. The number of piperidine rings is 1. The monoisotopic (exact) mass is 366 g/mol. The number of aromatic hydroxyl groups is 2. The zero-order valence-electron chi connectivity index (χ0n) is 13.9. The van der Waals surface area contributed by atoms with Gasteiger partial charge in [-0.2, -0.15) is 13.2 Å². The second kappa shape index (κ2) is 5.43. The van der Waals surface area contributed by atoms with E-state index in [2.05, 4.69) is 0 Å². The van der Waals surface area contributed by atoms with E-state index in [0.29, 0.717) is 24.1 Å². The van der Waals surface area contributed by atoms with Crippen LogP contribution in [-0.2, 0) is 11.0 Å². The van der Waals surface area contributed by atoms with E-state index in [4.69, 9.17) is 0 Å². The van der Waals surface area contributed by atoms with Gasteiger partial charge >= 0.3 is 6.18 Å². The molecule has 1 amide bonds. The molecule has 3 aliphatic rings. The molecule has 0 saturated carbocycles. The molecule has 1 fully saturated rings. The maximum Gasteiger partial charge on any atom is 0.416 e. The zero-order chi connectivity index (χ0) is 18.8. The number of fused-ring (bicyclic) bond motifs is 2. The molecule has 3 heterocycles. The lowest BCUT2D eigenvalue weighted by molar-refractivity contribution is -0.137. The van der Waals surface area contributed by atoms with Crippen molar-refractivity contribution in [2.45, 2.75) is 37.9 Å². The van der Waals surface area contributed by atoms with Gasteiger partial charge in [0.2, 0.25) is 17.7 Å². The molecule has 1 aliphatic carbocycles. The van der Waals surface area contributed by atoms with Crippen molar-refractivity contribution in [1.82, 2.24) is 9.47 Å². The number of rotatable bonds is 1. The van der Waals surface area contributed by atoms with E-state index in [1.807, 2.05) is 0 Å². The number of carbonyl (C=O) groups is 1. The Labute approximate surface area is 147 Å². The molecular weight excluding hydrogens is 349 g/mol. The molecule has 5 nitrogen and oxygen atoms in total. The SMILES string of the molecule is CC(=O)N1CC2CC[C@@H]1c1c2c(O)n(-c2cccc(C(F)(F)F)c2)c1O. The number of alkyl halides is 3. The Balaban J connectivity index is 1.89. The summed E-state index contributed by atoms with van der Waals surface area (Å²) in [6.45, 7) is 1.88. The Kier molecular flexibility index (Phi) is 3.51. The second-order valence-electron chi connectivity index (χ2n) is 6.82. The fraction of sp³-hybridized carbons (Fsp3) is 0.389. The van der Waals surface area contributed by atoms with Crippen molar-refractivity contribution in [2.75, 3.05) is 6.54 Å². The third kappa shape index (κ3) is 2.28. The zero-order valence-corrected chi connectivity index (χ0v) is 13.9. The standard InChI is InChI=1S/C18H17F3N2O3/c1-9(24)22-8-10-5-6-13(22)15-14(10)16(25)23(17(15)26)12-4-2-3-11(7-12)18(19,20)21/h2-4,7,10,13,25-26H,5-6,8H2,1H3/t10?,13-/m1/s1. The van der Waals surface area contributed by atoms with E-state index < -0.39 is 11.7 Å². The lowest BCUT2D eigenvalue weighted by atomic mass is 9.76. The van der Waals surface area contributed by atoms with Gasteiger partial charge in [-0.1, -0.05) is 6.07 Å². The Morgan fingerprint density at radius 2 is 1.85 bits per heavy atom. The maximum atomic E-state index is 13.0. The first-order valence-electron chi connectivity index (χ1n) is 8.31. The fourth-order valence-electron chi connectivity index (χ4n) is 4.23. The smallest absolute Gasteiger partial charge is 0.416 e. The molecule has 8 heteroatoms. The predicted octanol–water partition coefficient (Wildman–Crippen LogP) is 3.69. The minimum Gasteiger partial charge on any atom is -0.494 e. The number of amides is 1. The molecule has 2 aliphatic heterocycles. The third-order valence-electron chi connectivity index (χ3n) is 5.36. The Bertz CT molecular complexity index is 904. The molecule has 1 aromatic heterocycles. The summed E-state index contributed by atoms with van der Waals surface area (Å²) in [4.78, 5) is 13.5. The summed E-state index contributed by atoms with van der Waals surface area (Å²) in [5.74, 6) is -0.833. The number of aromatic nitrogens is 1. The molecule has 2 bridgehead atoms. The average molecular weight is 366 g/mol. The molecule has 1 aromatic carbocycles. The van der Waals surface area contributed by atoms with Crippen molar-refractivity contribution in [2.24, 2.45) is 0 Å². The summed E-state index contributed by atoms with van der Waals surface area (Å²) in [7, 11) is 0. The molecule has 1 saturated heterocycles. The van der Waals surface area contributed by atoms with Gasteiger partial charge in [-0.25, -0.2) is 0 Å². The van der Waals surface area contributed by atoms with Crippen LogP contribution in [0, 0.1) is 0 Å². The summed E-state index contributed by atoms with van der Waals surface area (Å²) in [6, 6.07) is 4.07. The van der Waals surface area contributed by atoms with Crippen LogP contribution in [0.5, 0.6) is 11.8 Å². The predicted molar refractivity (Wildman–Crippen MR) is 86.2 cm³/mol. The van der Waals surface area contributed by atoms with Gasteiger partial charge in [-0.15, -0.1) is 0 Å². The van der Waals surface area contributed by atoms with Crippen molar-refractivity contribution in [1.29, 1.82) is 0 Å². The number of benzene rings is 1. The largest absolute Gasteiger partial charge is 0.494 e. The molecule has 138 valence electrons. The van der Waals surface area contributed by atoms with E-state index in [0.717, 1.165) is 23.1 Å². The number of hydrogen-bond donors (Lipinski definition) is 2. The quantitative estimate of drug-likeness (QED) is 0.809. The van der Waals surface area contributed by atoms with Crippen molar-refractivity contribution in [3.63, 3.8) is 0 Å². The molecule has 0 spiro atoms. The van der Waals surface area contributed by atoms with Gasteiger partial charge in [0.25, 0.3) is 0 Å². The minimum absolute atomic E-state index is 0.0259.